The normalized spacial score (nSPS) is 19.8. The van der Waals surface area contributed by atoms with Crippen molar-refractivity contribution in [1.82, 2.24) is 4.90 Å². The Balaban J connectivity index is 1.95. The van der Waals surface area contributed by atoms with E-state index >= 15 is 0 Å². The molecule has 0 aromatic heterocycles. The maximum absolute atomic E-state index is 10.4. The molecule has 14 heavy (non-hydrogen) atoms. The lowest BCUT2D eigenvalue weighted by Crippen LogP contribution is -2.30. The topological polar surface area (TPSA) is 66.6 Å². The number of unbranched alkanes of at least 4 members (excludes halogenated alkanes) is 1. The highest BCUT2D eigenvalue weighted by atomic mass is 16.4. The first-order valence-electron chi connectivity index (χ1n) is 5.41. The van der Waals surface area contributed by atoms with Crippen molar-refractivity contribution < 1.29 is 9.90 Å². The van der Waals surface area contributed by atoms with Crippen LogP contribution in [0.5, 0.6) is 0 Å². The molecule has 1 aliphatic rings. The lowest BCUT2D eigenvalue weighted by atomic mass is 10.1. The van der Waals surface area contributed by atoms with Crippen molar-refractivity contribution in [2.75, 3.05) is 19.6 Å². The first-order valence-corrected chi connectivity index (χ1v) is 5.41. The van der Waals surface area contributed by atoms with E-state index in [9.17, 15) is 4.79 Å². The van der Waals surface area contributed by atoms with Gasteiger partial charge < -0.3 is 15.7 Å². The fourth-order valence-electron chi connectivity index (χ4n) is 1.83. The first kappa shape index (κ1) is 11.5. The summed E-state index contributed by atoms with van der Waals surface area (Å²) in [4.78, 5) is 12.9. The molecule has 0 saturated carbocycles. The van der Waals surface area contributed by atoms with Crippen molar-refractivity contribution >= 4 is 5.97 Å². The second-order valence-electron chi connectivity index (χ2n) is 3.99. The van der Waals surface area contributed by atoms with E-state index in [0.29, 0.717) is 6.42 Å². The maximum Gasteiger partial charge on any atom is 0.320 e. The first-order chi connectivity index (χ1) is 6.70. The summed E-state index contributed by atoms with van der Waals surface area (Å²) in [6, 6.07) is -0.673. The standard InChI is InChI=1S/C10H20N2O2/c11-9(10(13)14)5-1-2-6-12-7-3-4-8-12/h9H,1-8,11H2,(H,13,14). The van der Waals surface area contributed by atoms with Crippen LogP contribution in [0.1, 0.15) is 32.1 Å². The lowest BCUT2D eigenvalue weighted by Gasteiger charge is -2.14. The highest BCUT2D eigenvalue weighted by Gasteiger charge is 2.12. The minimum atomic E-state index is -0.883. The number of nitrogens with zero attached hydrogens (tertiary/aromatic N) is 1. The predicted octanol–water partition coefficient (Wildman–Crippen LogP) is 0.664. The average molecular weight is 200 g/mol. The van der Waals surface area contributed by atoms with Crippen LogP contribution >= 0.6 is 0 Å². The smallest absolute Gasteiger partial charge is 0.320 e. The van der Waals surface area contributed by atoms with Crippen molar-refractivity contribution in [3.63, 3.8) is 0 Å². The Morgan fingerprint density at radius 3 is 2.57 bits per heavy atom. The molecule has 0 radical (unpaired) electrons. The van der Waals surface area contributed by atoms with Crippen molar-refractivity contribution in [3.05, 3.63) is 0 Å². The Hall–Kier alpha value is -0.610. The van der Waals surface area contributed by atoms with Gasteiger partial charge in [-0.1, -0.05) is 6.42 Å². The zero-order valence-electron chi connectivity index (χ0n) is 8.61. The molecule has 1 saturated heterocycles. The second kappa shape index (κ2) is 5.98. The average Bonchev–Trinajstić information content (AvgIpc) is 2.64. The van der Waals surface area contributed by atoms with Crippen molar-refractivity contribution in [3.8, 4) is 0 Å². The number of carboxylic acid groups (broad SMARTS) is 1. The Labute approximate surface area is 85.1 Å². The van der Waals surface area contributed by atoms with Crippen LogP contribution < -0.4 is 5.73 Å². The van der Waals surface area contributed by atoms with E-state index in [1.165, 1.54) is 25.9 Å². The van der Waals surface area contributed by atoms with E-state index in [1.54, 1.807) is 0 Å². The quantitative estimate of drug-likeness (QED) is 0.618. The molecule has 0 spiro atoms. The summed E-state index contributed by atoms with van der Waals surface area (Å²) in [6.07, 6.45) is 5.22. The SMILES string of the molecule is NC(CCCCN1CCCC1)C(=O)O. The number of nitrogens with two attached hydrogens (primary N) is 1. The molecule has 0 amide bonds. The largest absolute Gasteiger partial charge is 0.480 e. The molecule has 4 heteroatoms. The molecular formula is C10H20N2O2. The summed E-state index contributed by atoms with van der Waals surface area (Å²) in [5, 5.41) is 8.56. The molecule has 0 aliphatic carbocycles. The second-order valence-corrected chi connectivity index (χ2v) is 3.99. The molecule has 1 aliphatic heterocycles. The van der Waals surface area contributed by atoms with Gasteiger partial charge in [-0.25, -0.2) is 0 Å². The van der Waals surface area contributed by atoms with Crippen molar-refractivity contribution in [2.45, 2.75) is 38.1 Å². The van der Waals surface area contributed by atoms with E-state index in [1.807, 2.05) is 0 Å². The molecule has 1 rings (SSSR count). The molecule has 1 unspecified atom stereocenters. The van der Waals surface area contributed by atoms with Crippen LogP contribution in [0.25, 0.3) is 0 Å². The van der Waals surface area contributed by atoms with Crippen LogP contribution in [0.15, 0.2) is 0 Å². The van der Waals surface area contributed by atoms with Gasteiger partial charge in [0.1, 0.15) is 6.04 Å². The number of carbonyl (C=O) groups is 1. The molecule has 4 nitrogen and oxygen atoms in total. The van der Waals surface area contributed by atoms with Gasteiger partial charge in [-0.05, 0) is 45.3 Å². The number of carboxylic acids is 1. The molecule has 1 atom stereocenters. The van der Waals surface area contributed by atoms with Gasteiger partial charge in [0.15, 0.2) is 0 Å². The van der Waals surface area contributed by atoms with E-state index in [2.05, 4.69) is 4.90 Å². The summed E-state index contributed by atoms with van der Waals surface area (Å²) in [7, 11) is 0. The van der Waals surface area contributed by atoms with Crippen LogP contribution in [0.2, 0.25) is 0 Å². The highest BCUT2D eigenvalue weighted by molar-refractivity contribution is 5.72. The van der Waals surface area contributed by atoms with Gasteiger partial charge in [0.2, 0.25) is 0 Å². The van der Waals surface area contributed by atoms with Gasteiger partial charge in [0.05, 0.1) is 0 Å². The van der Waals surface area contributed by atoms with Crippen molar-refractivity contribution in [1.29, 1.82) is 0 Å². The molecule has 0 aromatic carbocycles. The van der Waals surface area contributed by atoms with Crippen LogP contribution in [0.3, 0.4) is 0 Å². The Kier molecular flexibility index (Phi) is 4.90. The van der Waals surface area contributed by atoms with Gasteiger partial charge in [-0.3, -0.25) is 4.79 Å². The summed E-state index contributed by atoms with van der Waals surface area (Å²) in [6.45, 7) is 3.53. The number of rotatable bonds is 6. The van der Waals surface area contributed by atoms with E-state index < -0.39 is 12.0 Å². The third-order valence-corrected chi connectivity index (χ3v) is 2.76. The maximum atomic E-state index is 10.4. The van der Waals surface area contributed by atoms with Gasteiger partial charge in [0, 0.05) is 0 Å². The molecule has 0 bridgehead atoms. The molecule has 3 N–H and O–H groups in total. The minimum absolute atomic E-state index is 0.600. The number of aliphatic carboxylic acids is 1. The molecular weight excluding hydrogens is 180 g/mol. The highest BCUT2D eigenvalue weighted by Crippen LogP contribution is 2.09. The fraction of sp³-hybridized carbons (Fsp3) is 0.900. The summed E-state index contributed by atoms with van der Waals surface area (Å²) < 4.78 is 0. The van der Waals surface area contributed by atoms with Gasteiger partial charge in [0.25, 0.3) is 0 Å². The number of hydrogen-bond acceptors (Lipinski definition) is 3. The van der Waals surface area contributed by atoms with Crippen LogP contribution in [-0.2, 0) is 4.79 Å². The molecule has 1 heterocycles. The molecule has 1 fully saturated rings. The molecule has 0 aromatic rings. The van der Waals surface area contributed by atoms with Crippen LogP contribution in [0, 0.1) is 0 Å². The Morgan fingerprint density at radius 2 is 2.00 bits per heavy atom. The van der Waals surface area contributed by atoms with Gasteiger partial charge in [-0.15, -0.1) is 0 Å². The van der Waals surface area contributed by atoms with Gasteiger partial charge in [-0.2, -0.15) is 0 Å². The van der Waals surface area contributed by atoms with Crippen molar-refractivity contribution in [2.24, 2.45) is 5.73 Å². The summed E-state index contributed by atoms with van der Waals surface area (Å²) in [5.74, 6) is -0.883. The molecule has 82 valence electrons. The summed E-state index contributed by atoms with van der Waals surface area (Å²) in [5.41, 5.74) is 5.40. The van der Waals surface area contributed by atoms with Crippen LogP contribution in [-0.4, -0.2) is 41.7 Å². The lowest BCUT2D eigenvalue weighted by molar-refractivity contribution is -0.138. The monoisotopic (exact) mass is 200 g/mol. The Bertz CT molecular complexity index is 179. The fourth-order valence-corrected chi connectivity index (χ4v) is 1.83. The third kappa shape index (κ3) is 4.07. The van der Waals surface area contributed by atoms with E-state index in [-0.39, 0.29) is 0 Å². The third-order valence-electron chi connectivity index (χ3n) is 2.76. The number of likely N-dealkylation sites (tertiary alicyclic amines) is 1. The zero-order chi connectivity index (χ0) is 10.4. The Morgan fingerprint density at radius 1 is 1.36 bits per heavy atom. The number of hydrogen-bond donors (Lipinski definition) is 2. The zero-order valence-corrected chi connectivity index (χ0v) is 8.61. The van der Waals surface area contributed by atoms with Gasteiger partial charge >= 0.3 is 5.97 Å². The minimum Gasteiger partial charge on any atom is -0.480 e. The predicted molar refractivity (Wildman–Crippen MR) is 55.1 cm³/mol. The summed E-state index contributed by atoms with van der Waals surface area (Å²) >= 11 is 0. The van der Waals surface area contributed by atoms with Crippen LogP contribution in [0.4, 0.5) is 0 Å². The van der Waals surface area contributed by atoms with E-state index in [0.717, 1.165) is 19.4 Å². The van der Waals surface area contributed by atoms with E-state index in [4.69, 9.17) is 10.8 Å².